The molecule has 2 N–H and O–H groups in total. The average Bonchev–Trinajstić information content (AvgIpc) is 2.33. The molecule has 0 aliphatic heterocycles. The first kappa shape index (κ1) is 15.0. The third-order valence-corrected chi connectivity index (χ3v) is 2.63. The number of carbonyl (C=O) groups is 1. The van der Waals surface area contributed by atoms with Crippen molar-refractivity contribution in [3.8, 4) is 6.07 Å². The Kier molecular flexibility index (Phi) is 4.87. The molecule has 0 saturated carbocycles. The first-order valence-corrected chi connectivity index (χ1v) is 6.14. The Balaban J connectivity index is 2.61. The molecule has 1 aromatic heterocycles. The van der Waals surface area contributed by atoms with Gasteiger partial charge in [-0.1, -0.05) is 20.8 Å². The Morgan fingerprint density at radius 1 is 1.53 bits per heavy atom. The molecule has 0 aliphatic carbocycles. The fourth-order valence-corrected chi connectivity index (χ4v) is 1.78. The average molecular weight is 261 g/mol. The summed E-state index contributed by atoms with van der Waals surface area (Å²) in [6, 6.07) is 5.31. The van der Waals surface area contributed by atoms with Crippen LogP contribution in [-0.2, 0) is 4.79 Å². The van der Waals surface area contributed by atoms with Crippen molar-refractivity contribution in [2.45, 2.75) is 27.2 Å². The van der Waals surface area contributed by atoms with Crippen LogP contribution in [0.2, 0.25) is 0 Å². The van der Waals surface area contributed by atoms with E-state index in [0.29, 0.717) is 24.3 Å². The molecule has 0 fully saturated rings. The Labute approximate surface area is 113 Å². The summed E-state index contributed by atoms with van der Waals surface area (Å²) >= 11 is 0. The highest BCUT2D eigenvalue weighted by Gasteiger charge is 2.24. The number of carboxylic acids is 1. The van der Waals surface area contributed by atoms with Crippen molar-refractivity contribution in [1.29, 1.82) is 5.26 Å². The van der Waals surface area contributed by atoms with E-state index in [1.54, 1.807) is 12.1 Å². The Bertz CT molecular complexity index is 469. The van der Waals surface area contributed by atoms with Crippen LogP contribution in [0.4, 0.5) is 5.82 Å². The standard InChI is InChI=1S/C14H19N3O2/c1-14(2,3)6-11(13(18)19)9-17-12-5-4-10(7-15)8-16-12/h4-5,8,11H,6,9H2,1-3H3,(H,16,17)(H,18,19). The summed E-state index contributed by atoms with van der Waals surface area (Å²) in [5, 5.41) is 20.9. The number of carboxylic acid groups (broad SMARTS) is 1. The highest BCUT2D eigenvalue weighted by Crippen LogP contribution is 2.24. The number of rotatable bonds is 5. The van der Waals surface area contributed by atoms with Crippen LogP contribution in [0.25, 0.3) is 0 Å². The van der Waals surface area contributed by atoms with E-state index in [1.165, 1.54) is 6.20 Å². The molecule has 0 bridgehead atoms. The second-order valence-electron chi connectivity index (χ2n) is 5.72. The first-order chi connectivity index (χ1) is 8.81. The van der Waals surface area contributed by atoms with Crippen molar-refractivity contribution in [1.82, 2.24) is 4.98 Å². The number of nitrogens with one attached hydrogen (secondary N) is 1. The van der Waals surface area contributed by atoms with Crippen molar-refractivity contribution in [3.63, 3.8) is 0 Å². The molecule has 102 valence electrons. The zero-order valence-electron chi connectivity index (χ0n) is 11.5. The molecule has 1 atom stereocenters. The number of nitrogens with zero attached hydrogens (tertiary/aromatic N) is 2. The van der Waals surface area contributed by atoms with Gasteiger partial charge in [0.2, 0.25) is 0 Å². The van der Waals surface area contributed by atoms with Crippen molar-refractivity contribution in [2.75, 3.05) is 11.9 Å². The van der Waals surface area contributed by atoms with Crippen molar-refractivity contribution in [2.24, 2.45) is 11.3 Å². The van der Waals surface area contributed by atoms with Gasteiger partial charge >= 0.3 is 5.97 Å². The molecular formula is C14H19N3O2. The molecule has 0 amide bonds. The topological polar surface area (TPSA) is 86.0 Å². The maximum Gasteiger partial charge on any atom is 0.308 e. The lowest BCUT2D eigenvalue weighted by molar-refractivity contribution is -0.142. The van der Waals surface area contributed by atoms with Crippen molar-refractivity contribution >= 4 is 11.8 Å². The van der Waals surface area contributed by atoms with Gasteiger partial charge in [-0.25, -0.2) is 4.98 Å². The van der Waals surface area contributed by atoms with E-state index in [0.717, 1.165) is 0 Å². The quantitative estimate of drug-likeness (QED) is 0.850. The minimum atomic E-state index is -0.809. The van der Waals surface area contributed by atoms with Gasteiger partial charge in [-0.2, -0.15) is 5.26 Å². The maximum absolute atomic E-state index is 11.2. The molecule has 0 aromatic carbocycles. The number of pyridine rings is 1. The molecular weight excluding hydrogens is 242 g/mol. The highest BCUT2D eigenvalue weighted by atomic mass is 16.4. The van der Waals surface area contributed by atoms with Gasteiger partial charge in [-0.05, 0) is 24.0 Å². The number of anilines is 1. The lowest BCUT2D eigenvalue weighted by atomic mass is 9.84. The molecule has 1 aromatic rings. The van der Waals surface area contributed by atoms with Crippen LogP contribution in [0.5, 0.6) is 0 Å². The van der Waals surface area contributed by atoms with E-state index in [2.05, 4.69) is 10.3 Å². The van der Waals surface area contributed by atoms with Crippen LogP contribution in [0, 0.1) is 22.7 Å². The predicted molar refractivity (Wildman–Crippen MR) is 72.6 cm³/mol. The summed E-state index contributed by atoms with van der Waals surface area (Å²) in [4.78, 5) is 15.2. The number of hydrogen-bond donors (Lipinski definition) is 2. The summed E-state index contributed by atoms with van der Waals surface area (Å²) in [5.41, 5.74) is 0.443. The molecule has 0 aliphatic rings. The zero-order chi connectivity index (χ0) is 14.5. The molecule has 5 nitrogen and oxygen atoms in total. The first-order valence-electron chi connectivity index (χ1n) is 6.14. The highest BCUT2D eigenvalue weighted by molar-refractivity contribution is 5.70. The third-order valence-electron chi connectivity index (χ3n) is 2.63. The second kappa shape index (κ2) is 6.19. The number of aromatic nitrogens is 1. The lowest BCUT2D eigenvalue weighted by Gasteiger charge is -2.23. The summed E-state index contributed by atoms with van der Waals surface area (Å²) in [5.74, 6) is -0.687. The minimum absolute atomic E-state index is 0.0389. The van der Waals surface area contributed by atoms with Crippen molar-refractivity contribution < 1.29 is 9.90 Å². The van der Waals surface area contributed by atoms with Crippen LogP contribution in [-0.4, -0.2) is 22.6 Å². The van der Waals surface area contributed by atoms with Gasteiger partial charge in [0.05, 0.1) is 11.5 Å². The van der Waals surface area contributed by atoms with Crippen LogP contribution in [0.3, 0.4) is 0 Å². The molecule has 1 heterocycles. The Morgan fingerprint density at radius 2 is 2.21 bits per heavy atom. The van der Waals surface area contributed by atoms with E-state index in [4.69, 9.17) is 5.26 Å². The van der Waals surface area contributed by atoms with Crippen LogP contribution < -0.4 is 5.32 Å². The van der Waals surface area contributed by atoms with E-state index in [1.807, 2.05) is 26.8 Å². The molecule has 0 spiro atoms. The van der Waals surface area contributed by atoms with E-state index >= 15 is 0 Å². The Hall–Kier alpha value is -2.09. The SMILES string of the molecule is CC(C)(C)CC(CNc1ccc(C#N)cn1)C(=O)O. The van der Waals surface area contributed by atoms with Gasteiger partial charge in [0, 0.05) is 12.7 Å². The van der Waals surface area contributed by atoms with Gasteiger partial charge in [0.1, 0.15) is 11.9 Å². The number of hydrogen-bond acceptors (Lipinski definition) is 4. The molecule has 0 saturated heterocycles. The predicted octanol–water partition coefficient (Wildman–Crippen LogP) is 2.50. The van der Waals surface area contributed by atoms with Crippen LogP contribution >= 0.6 is 0 Å². The molecule has 5 heteroatoms. The molecule has 1 rings (SSSR count). The van der Waals surface area contributed by atoms with Gasteiger partial charge in [-0.15, -0.1) is 0 Å². The minimum Gasteiger partial charge on any atom is -0.481 e. The summed E-state index contributed by atoms with van der Waals surface area (Å²) in [7, 11) is 0. The fourth-order valence-electron chi connectivity index (χ4n) is 1.78. The normalized spacial score (nSPS) is 12.5. The van der Waals surface area contributed by atoms with Gasteiger partial charge in [0.25, 0.3) is 0 Å². The third kappa shape index (κ3) is 5.38. The molecule has 0 radical (unpaired) electrons. The second-order valence-corrected chi connectivity index (χ2v) is 5.72. The van der Waals surface area contributed by atoms with Gasteiger partial charge in [-0.3, -0.25) is 4.79 Å². The monoisotopic (exact) mass is 261 g/mol. The molecule has 19 heavy (non-hydrogen) atoms. The van der Waals surface area contributed by atoms with Gasteiger partial charge in [0.15, 0.2) is 0 Å². The fraction of sp³-hybridized carbons (Fsp3) is 0.500. The van der Waals surface area contributed by atoms with E-state index < -0.39 is 11.9 Å². The number of nitriles is 1. The maximum atomic E-state index is 11.2. The largest absolute Gasteiger partial charge is 0.481 e. The summed E-state index contributed by atoms with van der Waals surface area (Å²) < 4.78 is 0. The van der Waals surface area contributed by atoms with E-state index in [9.17, 15) is 9.90 Å². The summed E-state index contributed by atoms with van der Waals surface area (Å²) in [6.07, 6.45) is 2.05. The van der Waals surface area contributed by atoms with Crippen LogP contribution in [0.15, 0.2) is 18.3 Å². The molecule has 1 unspecified atom stereocenters. The van der Waals surface area contributed by atoms with E-state index in [-0.39, 0.29) is 5.41 Å². The number of aliphatic carboxylic acids is 1. The Morgan fingerprint density at radius 3 is 2.63 bits per heavy atom. The lowest BCUT2D eigenvalue weighted by Crippen LogP contribution is -2.27. The summed E-state index contributed by atoms with van der Waals surface area (Å²) in [6.45, 7) is 6.38. The van der Waals surface area contributed by atoms with Gasteiger partial charge < -0.3 is 10.4 Å². The van der Waals surface area contributed by atoms with Crippen LogP contribution in [0.1, 0.15) is 32.8 Å². The van der Waals surface area contributed by atoms with Crippen molar-refractivity contribution in [3.05, 3.63) is 23.9 Å². The smallest absolute Gasteiger partial charge is 0.308 e. The zero-order valence-corrected chi connectivity index (χ0v) is 11.5.